The Hall–Kier alpha value is -1.94. The number of hydrogen-bond donors (Lipinski definition) is 3. The van der Waals surface area contributed by atoms with E-state index < -0.39 is 97.5 Å². The Morgan fingerprint density at radius 3 is 0.835 bits per heavy atom. The van der Waals surface area contributed by atoms with Crippen LogP contribution in [0.25, 0.3) is 0 Å². The van der Waals surface area contributed by atoms with Crippen molar-refractivity contribution in [1.82, 2.24) is 0 Å². The molecule has 0 aliphatic rings. The average Bonchev–Trinajstić information content (AvgIpc) is 3.51. The van der Waals surface area contributed by atoms with E-state index in [9.17, 15) is 43.2 Å². The molecule has 0 aliphatic heterocycles. The normalized spacial score (nSPS) is 14.4. The monoisotopic (exact) mass is 1340 g/mol. The Kier molecular flexibility index (Phi) is 62.7. The van der Waals surface area contributed by atoms with Gasteiger partial charge in [-0.2, -0.15) is 0 Å². The second kappa shape index (κ2) is 64.1. The third-order valence-corrected chi connectivity index (χ3v) is 19.0. The van der Waals surface area contributed by atoms with Crippen LogP contribution in [0.15, 0.2) is 0 Å². The molecule has 6 atom stereocenters. The van der Waals surface area contributed by atoms with Gasteiger partial charge in [0.1, 0.15) is 19.3 Å². The van der Waals surface area contributed by atoms with E-state index in [2.05, 4.69) is 41.5 Å². The molecule has 0 rings (SSSR count). The first kappa shape index (κ1) is 89.1. The van der Waals surface area contributed by atoms with Gasteiger partial charge < -0.3 is 33.8 Å². The first-order valence-corrected chi connectivity index (χ1v) is 40.5. The number of aliphatic hydroxyl groups is 1. The van der Waals surface area contributed by atoms with Crippen molar-refractivity contribution in [2.45, 2.75) is 387 Å². The molecule has 0 aliphatic carbocycles. The molecule has 0 saturated carbocycles. The Balaban J connectivity index is 5.25. The molecule has 19 heteroatoms. The molecular formula is C72H140O17P2. The summed E-state index contributed by atoms with van der Waals surface area (Å²) in [6.07, 6.45) is 49.9. The highest BCUT2D eigenvalue weighted by molar-refractivity contribution is 7.47. The van der Waals surface area contributed by atoms with E-state index in [4.69, 9.17) is 37.0 Å². The van der Waals surface area contributed by atoms with Crippen LogP contribution in [0.1, 0.15) is 369 Å². The molecule has 0 aromatic rings. The Morgan fingerprint density at radius 1 is 0.319 bits per heavy atom. The summed E-state index contributed by atoms with van der Waals surface area (Å²) in [7, 11) is -9.90. The molecule has 3 unspecified atom stereocenters. The molecule has 0 spiro atoms. The van der Waals surface area contributed by atoms with E-state index >= 15 is 0 Å². The van der Waals surface area contributed by atoms with Gasteiger partial charge in [-0.25, -0.2) is 9.13 Å². The van der Waals surface area contributed by atoms with Gasteiger partial charge in [0.25, 0.3) is 0 Å². The Bertz CT molecular complexity index is 1770. The number of phosphoric acid groups is 2. The highest BCUT2D eigenvalue weighted by atomic mass is 31.2. The number of ether oxygens (including phenoxy) is 4. The van der Waals surface area contributed by atoms with Gasteiger partial charge in [0, 0.05) is 25.7 Å². The van der Waals surface area contributed by atoms with Gasteiger partial charge >= 0.3 is 39.5 Å². The molecular weight excluding hydrogens is 1200 g/mol. The molecule has 540 valence electrons. The molecule has 3 N–H and O–H groups in total. The van der Waals surface area contributed by atoms with Crippen LogP contribution in [0.2, 0.25) is 0 Å². The highest BCUT2D eigenvalue weighted by Crippen LogP contribution is 2.45. The van der Waals surface area contributed by atoms with Crippen LogP contribution in [0.5, 0.6) is 0 Å². The average molecular weight is 1340 g/mol. The smallest absolute Gasteiger partial charge is 0.462 e. The van der Waals surface area contributed by atoms with Gasteiger partial charge in [-0.1, -0.05) is 318 Å². The van der Waals surface area contributed by atoms with Crippen LogP contribution in [-0.4, -0.2) is 96.7 Å². The minimum Gasteiger partial charge on any atom is -0.462 e. The summed E-state index contributed by atoms with van der Waals surface area (Å²) in [5, 5.41) is 10.6. The number of carbonyl (C=O) groups is 4. The lowest BCUT2D eigenvalue weighted by molar-refractivity contribution is -0.161. The largest absolute Gasteiger partial charge is 0.472 e. The predicted octanol–water partition coefficient (Wildman–Crippen LogP) is 20.8. The fourth-order valence-electron chi connectivity index (χ4n) is 10.9. The van der Waals surface area contributed by atoms with Gasteiger partial charge in [0.05, 0.1) is 26.4 Å². The molecule has 0 amide bonds. The second-order valence-electron chi connectivity index (χ2n) is 26.7. The second-order valence-corrected chi connectivity index (χ2v) is 29.6. The number of unbranched alkanes of at least 4 members (excludes halogenated alkanes) is 40. The molecule has 0 heterocycles. The molecule has 0 fully saturated rings. The number of aliphatic hydroxyl groups excluding tert-OH is 1. The number of hydrogen-bond acceptors (Lipinski definition) is 15. The molecule has 0 saturated heterocycles. The molecule has 91 heavy (non-hydrogen) atoms. The van der Waals surface area contributed by atoms with Crippen LogP contribution >= 0.6 is 15.6 Å². The number of rotatable bonds is 71. The van der Waals surface area contributed by atoms with Gasteiger partial charge in [0.15, 0.2) is 12.2 Å². The van der Waals surface area contributed by atoms with Crippen LogP contribution in [0, 0.1) is 11.8 Å². The summed E-state index contributed by atoms with van der Waals surface area (Å²) in [4.78, 5) is 72.6. The minimum absolute atomic E-state index is 0.104. The number of esters is 4. The first-order valence-electron chi connectivity index (χ1n) is 37.5. The van der Waals surface area contributed by atoms with Crippen molar-refractivity contribution in [3.8, 4) is 0 Å². The zero-order valence-electron chi connectivity index (χ0n) is 59.1. The number of phosphoric ester groups is 2. The summed E-state index contributed by atoms with van der Waals surface area (Å²) in [6.45, 7) is 9.51. The van der Waals surface area contributed by atoms with Crippen LogP contribution in [0.4, 0.5) is 0 Å². The van der Waals surface area contributed by atoms with Crippen LogP contribution in [0.3, 0.4) is 0 Å². The van der Waals surface area contributed by atoms with E-state index in [1.165, 1.54) is 180 Å². The topological polar surface area (TPSA) is 237 Å². The Morgan fingerprint density at radius 2 is 0.560 bits per heavy atom. The van der Waals surface area contributed by atoms with E-state index in [1.807, 2.05) is 0 Å². The summed E-state index contributed by atoms with van der Waals surface area (Å²) in [6, 6.07) is 0. The summed E-state index contributed by atoms with van der Waals surface area (Å²) in [5.41, 5.74) is 0. The fraction of sp³-hybridized carbons (Fsp3) is 0.944. The standard InChI is InChI=1S/C72H140O17P2/c1-7-10-12-14-16-18-20-22-23-24-26-28-30-37-44-50-56-71(76)88-67(60-82-69(74)54-48-42-36-29-27-25-21-19-17-15-13-11-8-2)62-86-90(78,79)84-58-66(73)59-85-91(80,81)87-63-68(61-83-70(75)55-49-43-39-33-34-40-46-52-64(4)5)89-72(77)57-51-45-38-32-31-35-41-47-53-65(6)9-3/h64-68,73H,7-63H2,1-6H3,(H,78,79)(H,80,81)/t65?,66-,67-,68-/m1/s1. The fourth-order valence-corrected chi connectivity index (χ4v) is 12.5. The maximum absolute atomic E-state index is 13.0. The minimum atomic E-state index is -4.95. The third-order valence-electron chi connectivity index (χ3n) is 17.1. The molecule has 0 aromatic heterocycles. The summed E-state index contributed by atoms with van der Waals surface area (Å²) < 4.78 is 68.4. The van der Waals surface area contributed by atoms with Gasteiger partial charge in [-0.3, -0.25) is 37.3 Å². The zero-order chi connectivity index (χ0) is 67.2. The van der Waals surface area contributed by atoms with Crippen LogP contribution in [-0.2, 0) is 65.4 Å². The van der Waals surface area contributed by atoms with Crippen molar-refractivity contribution in [3.63, 3.8) is 0 Å². The van der Waals surface area contributed by atoms with Crippen molar-refractivity contribution in [3.05, 3.63) is 0 Å². The maximum atomic E-state index is 13.0. The van der Waals surface area contributed by atoms with Gasteiger partial charge in [0.2, 0.25) is 0 Å². The first-order chi connectivity index (χ1) is 43.9. The summed E-state index contributed by atoms with van der Waals surface area (Å²) in [5.74, 6) is -0.647. The van der Waals surface area contributed by atoms with Crippen molar-refractivity contribution >= 4 is 39.5 Å². The van der Waals surface area contributed by atoms with Gasteiger partial charge in [-0.15, -0.1) is 0 Å². The van der Waals surface area contributed by atoms with Crippen molar-refractivity contribution in [2.75, 3.05) is 39.6 Å². The molecule has 17 nitrogen and oxygen atoms in total. The lowest BCUT2D eigenvalue weighted by Crippen LogP contribution is -2.30. The van der Waals surface area contributed by atoms with Crippen molar-refractivity contribution < 1.29 is 80.2 Å². The maximum Gasteiger partial charge on any atom is 0.472 e. The van der Waals surface area contributed by atoms with Crippen molar-refractivity contribution in [1.29, 1.82) is 0 Å². The lowest BCUT2D eigenvalue weighted by atomic mass is 9.99. The SMILES string of the molecule is CCCCCCCCCCCCCCCCCCC(=O)O[C@H](COC(=O)CCCCCCCCCCCCCCC)COP(=O)(O)OC[C@@H](O)COP(=O)(O)OC[C@@H](COC(=O)CCCCCCCCCC(C)C)OC(=O)CCCCCCCCCCC(C)CC. The van der Waals surface area contributed by atoms with E-state index in [0.29, 0.717) is 31.6 Å². The lowest BCUT2D eigenvalue weighted by Gasteiger charge is -2.21. The molecule has 0 radical (unpaired) electrons. The molecule has 0 aromatic carbocycles. The quantitative estimate of drug-likeness (QED) is 0.0222. The Labute approximate surface area is 556 Å². The van der Waals surface area contributed by atoms with Crippen LogP contribution < -0.4 is 0 Å². The van der Waals surface area contributed by atoms with Gasteiger partial charge in [-0.05, 0) is 37.5 Å². The van der Waals surface area contributed by atoms with Crippen molar-refractivity contribution in [2.24, 2.45) is 11.8 Å². The van der Waals surface area contributed by atoms with E-state index in [0.717, 1.165) is 102 Å². The summed E-state index contributed by atoms with van der Waals surface area (Å²) >= 11 is 0. The third kappa shape index (κ3) is 65.1. The van der Waals surface area contributed by atoms with E-state index in [-0.39, 0.29) is 25.7 Å². The number of carbonyl (C=O) groups excluding carboxylic acids is 4. The van der Waals surface area contributed by atoms with E-state index in [1.54, 1.807) is 0 Å². The predicted molar refractivity (Wildman–Crippen MR) is 368 cm³/mol. The highest BCUT2D eigenvalue weighted by Gasteiger charge is 2.30. The zero-order valence-corrected chi connectivity index (χ0v) is 60.9. The molecule has 0 bridgehead atoms.